The van der Waals surface area contributed by atoms with Crippen molar-refractivity contribution >= 4 is 45.4 Å². The van der Waals surface area contributed by atoms with E-state index in [9.17, 15) is 0 Å². The van der Waals surface area contributed by atoms with Gasteiger partial charge in [-0.3, -0.25) is 0 Å². The van der Waals surface area contributed by atoms with Crippen LogP contribution in [0.25, 0.3) is 11.3 Å². The second-order valence-corrected chi connectivity index (χ2v) is 7.09. The third kappa shape index (κ3) is 3.48. The first kappa shape index (κ1) is 17.0. The fourth-order valence-corrected chi connectivity index (χ4v) is 3.94. The summed E-state index contributed by atoms with van der Waals surface area (Å²) >= 11 is 14.0. The third-order valence-corrected chi connectivity index (χ3v) is 5.16. The Morgan fingerprint density at radius 1 is 1.21 bits per heavy atom. The number of para-hydroxylation sites is 1. The van der Waals surface area contributed by atoms with Gasteiger partial charge in [-0.2, -0.15) is 0 Å². The third-order valence-electron chi connectivity index (χ3n) is 3.72. The topological polar surface area (TPSA) is 15.9 Å². The van der Waals surface area contributed by atoms with E-state index in [-0.39, 0.29) is 0 Å². The average molecular weight is 376 g/mol. The van der Waals surface area contributed by atoms with Crippen LogP contribution in [-0.4, -0.2) is 0 Å². The molecule has 122 valence electrons. The van der Waals surface area contributed by atoms with Crippen molar-refractivity contribution in [1.82, 2.24) is 0 Å². The highest BCUT2D eigenvalue weighted by Gasteiger charge is 2.21. The molecule has 2 aromatic carbocycles. The van der Waals surface area contributed by atoms with E-state index >= 15 is 0 Å². The van der Waals surface area contributed by atoms with Crippen LogP contribution in [0, 0.1) is 6.92 Å². The molecule has 0 saturated carbocycles. The molecule has 0 aliphatic carbocycles. The first-order valence-corrected chi connectivity index (χ1v) is 9.14. The molecular weight excluding hydrogens is 359 g/mol. The summed E-state index contributed by atoms with van der Waals surface area (Å²) in [5.74, 6) is 0. The van der Waals surface area contributed by atoms with Crippen molar-refractivity contribution in [3.63, 3.8) is 0 Å². The molecule has 3 aromatic rings. The molecule has 0 radical (unpaired) electrons. The van der Waals surface area contributed by atoms with Gasteiger partial charge < -0.3 is 0 Å². The molecule has 0 bridgehead atoms. The van der Waals surface area contributed by atoms with Gasteiger partial charge in [0.2, 0.25) is 0 Å². The summed E-state index contributed by atoms with van der Waals surface area (Å²) in [7, 11) is 0. The molecule has 0 unspecified atom stereocenters. The SMILES string of the molecule is C=CC[n+]1c(-c2ccc(Cl)cc2Cl)csc1Nc1ccccc1C. The monoisotopic (exact) mass is 375 g/mol. The van der Waals surface area contributed by atoms with Crippen molar-refractivity contribution in [2.45, 2.75) is 13.5 Å². The Bertz CT molecular complexity index is 887. The summed E-state index contributed by atoms with van der Waals surface area (Å²) in [6.45, 7) is 6.65. The van der Waals surface area contributed by atoms with Gasteiger partial charge in [0.1, 0.15) is 17.9 Å². The van der Waals surface area contributed by atoms with E-state index in [1.54, 1.807) is 17.4 Å². The highest BCUT2D eigenvalue weighted by Crippen LogP contribution is 2.32. The van der Waals surface area contributed by atoms with Crippen LogP contribution in [0.3, 0.4) is 0 Å². The van der Waals surface area contributed by atoms with Gasteiger partial charge in [-0.05, 0) is 36.8 Å². The van der Waals surface area contributed by atoms with Crippen LogP contribution >= 0.6 is 34.5 Å². The summed E-state index contributed by atoms with van der Waals surface area (Å²) in [6, 6.07) is 13.8. The van der Waals surface area contributed by atoms with Crippen LogP contribution in [0.15, 0.2) is 60.5 Å². The standard InChI is InChI=1S/C19H16Cl2N2S/c1-3-10-23-18(15-9-8-14(20)11-16(15)21)12-24-19(23)22-17-7-5-4-6-13(17)2/h3-9,11-12H,1,10H2,2H3/p+1. The smallest absolute Gasteiger partial charge is 0.231 e. The van der Waals surface area contributed by atoms with Crippen molar-refractivity contribution in [1.29, 1.82) is 0 Å². The lowest BCUT2D eigenvalue weighted by Crippen LogP contribution is -2.35. The van der Waals surface area contributed by atoms with E-state index in [2.05, 4.69) is 40.9 Å². The lowest BCUT2D eigenvalue weighted by atomic mass is 10.1. The van der Waals surface area contributed by atoms with Gasteiger partial charge in [0.25, 0.3) is 0 Å². The molecule has 0 fully saturated rings. The van der Waals surface area contributed by atoms with E-state index in [1.807, 2.05) is 30.3 Å². The van der Waals surface area contributed by atoms with Crippen molar-refractivity contribution in [2.24, 2.45) is 0 Å². The second-order valence-electron chi connectivity index (χ2n) is 5.39. The molecule has 1 aromatic heterocycles. The predicted molar refractivity (Wildman–Crippen MR) is 105 cm³/mol. The average Bonchev–Trinajstić information content (AvgIpc) is 2.93. The molecule has 5 heteroatoms. The molecule has 24 heavy (non-hydrogen) atoms. The fraction of sp³-hybridized carbons (Fsp3) is 0.105. The van der Waals surface area contributed by atoms with Crippen molar-refractivity contribution in [2.75, 3.05) is 5.32 Å². The van der Waals surface area contributed by atoms with E-state index in [0.29, 0.717) is 16.6 Å². The number of hydrogen-bond acceptors (Lipinski definition) is 2. The number of anilines is 2. The Balaban J connectivity index is 2.05. The first-order valence-electron chi connectivity index (χ1n) is 7.50. The Morgan fingerprint density at radius 2 is 2.00 bits per heavy atom. The highest BCUT2D eigenvalue weighted by molar-refractivity contribution is 7.13. The predicted octanol–water partition coefficient (Wildman–Crippen LogP) is 6.25. The molecule has 3 rings (SSSR count). The van der Waals surface area contributed by atoms with Gasteiger partial charge in [-0.1, -0.05) is 65.4 Å². The van der Waals surface area contributed by atoms with Gasteiger partial charge in [-0.25, -0.2) is 9.88 Å². The number of hydrogen-bond donors (Lipinski definition) is 1. The van der Waals surface area contributed by atoms with E-state index in [1.165, 1.54) is 5.56 Å². The summed E-state index contributed by atoms with van der Waals surface area (Å²) in [5, 5.41) is 7.91. The summed E-state index contributed by atoms with van der Waals surface area (Å²) in [6.07, 6.45) is 1.88. The molecule has 0 aliphatic heterocycles. The zero-order valence-corrected chi connectivity index (χ0v) is 15.6. The molecule has 2 nitrogen and oxygen atoms in total. The number of aromatic nitrogens is 1. The van der Waals surface area contributed by atoms with Crippen LogP contribution in [0.5, 0.6) is 0 Å². The molecule has 0 atom stereocenters. The molecule has 1 heterocycles. The number of rotatable bonds is 5. The molecule has 0 spiro atoms. The lowest BCUT2D eigenvalue weighted by Gasteiger charge is -2.07. The first-order chi connectivity index (χ1) is 11.6. The van der Waals surface area contributed by atoms with Crippen LogP contribution in [0.4, 0.5) is 10.8 Å². The number of halogens is 2. The van der Waals surface area contributed by atoms with Crippen LogP contribution in [0.2, 0.25) is 10.0 Å². The normalized spacial score (nSPS) is 10.6. The molecule has 0 saturated heterocycles. The number of aryl methyl sites for hydroxylation is 1. The van der Waals surface area contributed by atoms with Crippen molar-refractivity contribution < 1.29 is 4.57 Å². The molecule has 1 N–H and O–H groups in total. The quantitative estimate of drug-likeness (QED) is 0.411. The Morgan fingerprint density at radius 3 is 2.71 bits per heavy atom. The second kappa shape index (κ2) is 7.39. The molecule has 0 aliphatic rings. The summed E-state index contributed by atoms with van der Waals surface area (Å²) < 4.78 is 2.17. The van der Waals surface area contributed by atoms with Gasteiger partial charge in [0.15, 0.2) is 0 Å². The van der Waals surface area contributed by atoms with E-state index < -0.39 is 0 Å². The molecule has 0 amide bonds. The minimum atomic E-state index is 0.632. The maximum Gasteiger partial charge on any atom is 0.339 e. The fourth-order valence-electron chi connectivity index (χ4n) is 2.49. The van der Waals surface area contributed by atoms with E-state index in [4.69, 9.17) is 23.2 Å². The van der Waals surface area contributed by atoms with Crippen LogP contribution in [-0.2, 0) is 6.54 Å². The number of nitrogens with zero attached hydrogens (tertiary/aromatic N) is 1. The minimum Gasteiger partial charge on any atom is -0.231 e. The van der Waals surface area contributed by atoms with Crippen LogP contribution < -0.4 is 9.88 Å². The van der Waals surface area contributed by atoms with Gasteiger partial charge in [-0.15, -0.1) is 0 Å². The van der Waals surface area contributed by atoms with Crippen molar-refractivity contribution in [3.05, 3.63) is 76.1 Å². The van der Waals surface area contributed by atoms with Crippen LogP contribution in [0.1, 0.15) is 5.56 Å². The van der Waals surface area contributed by atoms with Gasteiger partial charge in [0.05, 0.1) is 5.02 Å². The van der Waals surface area contributed by atoms with E-state index in [0.717, 1.165) is 22.1 Å². The maximum absolute atomic E-state index is 6.39. The Labute approximate surface area is 156 Å². The van der Waals surface area contributed by atoms with Gasteiger partial charge in [0, 0.05) is 16.0 Å². The Kier molecular flexibility index (Phi) is 5.24. The van der Waals surface area contributed by atoms with Crippen molar-refractivity contribution in [3.8, 4) is 11.3 Å². The Hall–Kier alpha value is -1.81. The lowest BCUT2D eigenvalue weighted by molar-refractivity contribution is -0.657. The highest BCUT2D eigenvalue weighted by atomic mass is 35.5. The summed E-state index contributed by atoms with van der Waals surface area (Å²) in [5.41, 5.74) is 4.28. The maximum atomic E-state index is 6.39. The zero-order valence-electron chi connectivity index (χ0n) is 13.2. The number of thiazole rings is 1. The largest absolute Gasteiger partial charge is 0.339 e. The summed E-state index contributed by atoms with van der Waals surface area (Å²) in [4.78, 5) is 0. The number of nitrogens with one attached hydrogen (secondary N) is 1. The number of allylic oxidation sites excluding steroid dienone is 1. The zero-order chi connectivity index (χ0) is 17.1. The van der Waals surface area contributed by atoms with Gasteiger partial charge >= 0.3 is 5.13 Å². The number of benzene rings is 2. The molecular formula is C19H17Cl2N2S+. The minimum absolute atomic E-state index is 0.632.